The zero-order valence-electron chi connectivity index (χ0n) is 8.77. The Hall–Kier alpha value is -0.880. The molecule has 0 spiro atoms. The van der Waals surface area contributed by atoms with Crippen molar-refractivity contribution in [2.75, 3.05) is 6.54 Å². The van der Waals surface area contributed by atoms with Crippen molar-refractivity contribution in [1.82, 2.24) is 5.32 Å². The molecule has 0 fully saturated rings. The fourth-order valence-corrected chi connectivity index (χ4v) is 2.14. The molecule has 0 aliphatic carbocycles. The minimum atomic E-state index is -4.01. The van der Waals surface area contributed by atoms with Crippen molar-refractivity contribution < 1.29 is 17.8 Å². The Labute approximate surface area is 90.3 Å². The minimum Gasteiger partial charge on any atom is -0.353 e. The predicted octanol–water partition coefficient (Wildman–Crippen LogP) is 0.735. The standard InChI is InChI=1S/C9H17NO4S/c1-3-5-8(15(12,13)14)6-7-10-9(11)4-2/h4,8H,2-3,5-7H2,1H3,(H,10,11)(H,12,13,14). The number of hydrogen-bond donors (Lipinski definition) is 2. The highest BCUT2D eigenvalue weighted by atomic mass is 32.2. The molecule has 0 bridgehead atoms. The molecule has 0 saturated heterocycles. The fourth-order valence-electron chi connectivity index (χ4n) is 1.19. The SMILES string of the molecule is C=CC(=O)NCCC(CCC)S(=O)(=O)O. The number of carbonyl (C=O) groups excluding carboxylic acids is 1. The lowest BCUT2D eigenvalue weighted by atomic mass is 10.2. The smallest absolute Gasteiger partial charge is 0.267 e. The van der Waals surface area contributed by atoms with Crippen LogP contribution in [0.5, 0.6) is 0 Å². The molecule has 0 rings (SSSR count). The van der Waals surface area contributed by atoms with Gasteiger partial charge in [-0.15, -0.1) is 0 Å². The summed E-state index contributed by atoms with van der Waals surface area (Å²) in [5, 5.41) is 1.66. The third-order valence-electron chi connectivity index (χ3n) is 1.98. The molecule has 88 valence electrons. The normalized spacial score (nSPS) is 13.2. The molecule has 0 radical (unpaired) electrons. The molecule has 0 heterocycles. The lowest BCUT2D eigenvalue weighted by molar-refractivity contribution is -0.116. The fraction of sp³-hybridized carbons (Fsp3) is 0.667. The highest BCUT2D eigenvalue weighted by Crippen LogP contribution is 2.10. The number of amides is 1. The number of nitrogens with one attached hydrogen (secondary N) is 1. The van der Waals surface area contributed by atoms with Crippen LogP contribution in [0.2, 0.25) is 0 Å². The largest absolute Gasteiger partial charge is 0.353 e. The summed E-state index contributed by atoms with van der Waals surface area (Å²) in [6.45, 7) is 5.32. The number of hydrogen-bond acceptors (Lipinski definition) is 3. The first-order valence-corrected chi connectivity index (χ1v) is 6.28. The minimum absolute atomic E-state index is 0.215. The van der Waals surface area contributed by atoms with E-state index in [0.29, 0.717) is 12.8 Å². The molecule has 0 aliphatic rings. The molecule has 15 heavy (non-hydrogen) atoms. The highest BCUT2D eigenvalue weighted by Gasteiger charge is 2.21. The van der Waals surface area contributed by atoms with E-state index in [1.165, 1.54) is 0 Å². The second kappa shape index (κ2) is 6.58. The second-order valence-corrected chi connectivity index (χ2v) is 4.91. The predicted molar refractivity (Wildman–Crippen MR) is 58.1 cm³/mol. The quantitative estimate of drug-likeness (QED) is 0.503. The monoisotopic (exact) mass is 235 g/mol. The van der Waals surface area contributed by atoms with Crippen molar-refractivity contribution >= 4 is 16.0 Å². The van der Waals surface area contributed by atoms with Gasteiger partial charge in [0.05, 0.1) is 5.25 Å². The third-order valence-corrected chi connectivity index (χ3v) is 3.30. The molecule has 0 saturated carbocycles. The Morgan fingerprint density at radius 3 is 2.53 bits per heavy atom. The van der Waals surface area contributed by atoms with Gasteiger partial charge in [-0.25, -0.2) is 0 Å². The van der Waals surface area contributed by atoms with Gasteiger partial charge in [-0.05, 0) is 18.9 Å². The molecule has 0 aromatic heterocycles. The van der Waals surface area contributed by atoms with E-state index in [1.807, 2.05) is 6.92 Å². The Bertz CT molecular complexity index is 310. The van der Waals surface area contributed by atoms with E-state index in [2.05, 4.69) is 11.9 Å². The van der Waals surface area contributed by atoms with E-state index in [-0.39, 0.29) is 18.9 Å². The van der Waals surface area contributed by atoms with E-state index < -0.39 is 15.4 Å². The summed E-state index contributed by atoms with van der Waals surface area (Å²) in [7, 11) is -4.01. The molecule has 5 nitrogen and oxygen atoms in total. The van der Waals surface area contributed by atoms with Crippen LogP contribution in [0.1, 0.15) is 26.2 Å². The van der Waals surface area contributed by atoms with Gasteiger partial charge >= 0.3 is 0 Å². The van der Waals surface area contributed by atoms with E-state index in [1.54, 1.807) is 0 Å². The van der Waals surface area contributed by atoms with E-state index >= 15 is 0 Å². The van der Waals surface area contributed by atoms with Crippen LogP contribution in [0, 0.1) is 0 Å². The van der Waals surface area contributed by atoms with Crippen molar-refractivity contribution in [2.24, 2.45) is 0 Å². The van der Waals surface area contributed by atoms with Gasteiger partial charge in [-0.1, -0.05) is 19.9 Å². The van der Waals surface area contributed by atoms with Gasteiger partial charge in [-0.2, -0.15) is 8.42 Å². The maximum absolute atomic E-state index is 10.9. The van der Waals surface area contributed by atoms with Crippen LogP contribution in [0.3, 0.4) is 0 Å². The zero-order valence-corrected chi connectivity index (χ0v) is 9.59. The van der Waals surface area contributed by atoms with Crippen molar-refractivity contribution in [2.45, 2.75) is 31.4 Å². The average Bonchev–Trinajstić information content (AvgIpc) is 2.14. The summed E-state index contributed by atoms with van der Waals surface area (Å²) < 4.78 is 30.6. The van der Waals surface area contributed by atoms with Gasteiger partial charge in [0.2, 0.25) is 5.91 Å². The van der Waals surface area contributed by atoms with E-state index in [0.717, 1.165) is 6.08 Å². The zero-order chi connectivity index (χ0) is 11.9. The summed E-state index contributed by atoms with van der Waals surface area (Å²) >= 11 is 0. The van der Waals surface area contributed by atoms with E-state index in [4.69, 9.17) is 4.55 Å². The molecule has 6 heteroatoms. The van der Waals surface area contributed by atoms with Crippen molar-refractivity contribution in [3.8, 4) is 0 Å². The summed E-state index contributed by atoms with van der Waals surface area (Å²) in [4.78, 5) is 10.8. The summed E-state index contributed by atoms with van der Waals surface area (Å²) in [5.41, 5.74) is 0. The van der Waals surface area contributed by atoms with Crippen LogP contribution >= 0.6 is 0 Å². The molecule has 0 aromatic rings. The molecular weight excluding hydrogens is 218 g/mol. The molecule has 1 amide bonds. The van der Waals surface area contributed by atoms with Gasteiger partial charge in [0.25, 0.3) is 10.1 Å². The lowest BCUT2D eigenvalue weighted by Crippen LogP contribution is -2.29. The van der Waals surface area contributed by atoms with Crippen LogP contribution in [0.4, 0.5) is 0 Å². The summed E-state index contributed by atoms with van der Waals surface area (Å²) in [6, 6.07) is 0. The van der Waals surface area contributed by atoms with Crippen LogP contribution in [0.25, 0.3) is 0 Å². The van der Waals surface area contributed by atoms with Crippen molar-refractivity contribution in [3.05, 3.63) is 12.7 Å². The molecule has 1 atom stereocenters. The summed E-state index contributed by atoms with van der Waals surface area (Å²) in [5.74, 6) is -0.347. The number of carbonyl (C=O) groups is 1. The van der Waals surface area contributed by atoms with Crippen molar-refractivity contribution in [1.29, 1.82) is 0 Å². The number of rotatable bonds is 7. The van der Waals surface area contributed by atoms with E-state index in [9.17, 15) is 13.2 Å². The van der Waals surface area contributed by atoms with Crippen LogP contribution in [-0.2, 0) is 14.9 Å². The highest BCUT2D eigenvalue weighted by molar-refractivity contribution is 7.86. The molecule has 0 aliphatic heterocycles. The Morgan fingerprint density at radius 1 is 1.53 bits per heavy atom. The molecule has 1 unspecified atom stereocenters. The van der Waals surface area contributed by atoms with Crippen LogP contribution < -0.4 is 5.32 Å². The maximum atomic E-state index is 10.9. The first-order chi connectivity index (χ1) is 6.91. The first kappa shape index (κ1) is 14.1. The van der Waals surface area contributed by atoms with Gasteiger partial charge in [0, 0.05) is 6.54 Å². The average molecular weight is 235 g/mol. The molecular formula is C9H17NO4S. The lowest BCUT2D eigenvalue weighted by Gasteiger charge is -2.12. The maximum Gasteiger partial charge on any atom is 0.267 e. The topological polar surface area (TPSA) is 83.5 Å². The Balaban J connectivity index is 4.09. The van der Waals surface area contributed by atoms with Crippen LogP contribution in [0.15, 0.2) is 12.7 Å². The van der Waals surface area contributed by atoms with Gasteiger partial charge in [-0.3, -0.25) is 9.35 Å². The molecule has 0 aromatic carbocycles. The van der Waals surface area contributed by atoms with Crippen molar-refractivity contribution in [3.63, 3.8) is 0 Å². The first-order valence-electron chi connectivity index (χ1n) is 4.78. The van der Waals surface area contributed by atoms with Gasteiger partial charge in [0.15, 0.2) is 0 Å². The second-order valence-electron chi connectivity index (χ2n) is 3.21. The van der Waals surface area contributed by atoms with Crippen LogP contribution in [-0.4, -0.2) is 30.7 Å². The third kappa shape index (κ3) is 6.24. The van der Waals surface area contributed by atoms with Gasteiger partial charge < -0.3 is 5.32 Å². The Morgan fingerprint density at radius 2 is 2.13 bits per heavy atom. The molecule has 2 N–H and O–H groups in total. The summed E-state index contributed by atoms with van der Waals surface area (Å²) in [6.07, 6.45) is 2.39. The Kier molecular flexibility index (Phi) is 6.19. The van der Waals surface area contributed by atoms with Gasteiger partial charge in [0.1, 0.15) is 0 Å².